The lowest BCUT2D eigenvalue weighted by atomic mass is 9.69. The maximum atomic E-state index is 11.8. The van der Waals surface area contributed by atoms with Gasteiger partial charge in [-0.1, -0.05) is 6.42 Å². The molecule has 1 aliphatic carbocycles. The van der Waals surface area contributed by atoms with Crippen LogP contribution in [0.4, 0.5) is 0 Å². The van der Waals surface area contributed by atoms with Crippen molar-refractivity contribution < 1.29 is 19.4 Å². The van der Waals surface area contributed by atoms with E-state index in [-0.39, 0.29) is 17.7 Å². The molecule has 0 aromatic carbocycles. The largest absolute Gasteiger partial charge is 0.481 e. The van der Waals surface area contributed by atoms with Crippen molar-refractivity contribution >= 4 is 11.9 Å². The molecule has 1 amide bonds. The van der Waals surface area contributed by atoms with Crippen molar-refractivity contribution in [2.45, 2.75) is 32.6 Å². The summed E-state index contributed by atoms with van der Waals surface area (Å²) in [7, 11) is 0. The number of carboxylic acids is 1. The monoisotopic (exact) mass is 255 g/mol. The molecule has 2 aliphatic rings. The van der Waals surface area contributed by atoms with Crippen molar-refractivity contribution in [2.24, 2.45) is 11.3 Å². The third-order valence-electron chi connectivity index (χ3n) is 4.12. The number of ether oxygens (including phenoxy) is 1. The maximum absolute atomic E-state index is 11.8. The molecule has 5 heteroatoms. The van der Waals surface area contributed by atoms with Gasteiger partial charge in [-0.15, -0.1) is 0 Å². The second-order valence-corrected chi connectivity index (χ2v) is 5.50. The van der Waals surface area contributed by atoms with Gasteiger partial charge in [-0.05, 0) is 19.8 Å². The number of aliphatic carboxylic acids is 1. The molecule has 0 radical (unpaired) electrons. The van der Waals surface area contributed by atoms with Crippen LogP contribution in [0.5, 0.6) is 0 Å². The third-order valence-corrected chi connectivity index (χ3v) is 4.12. The molecule has 2 fully saturated rings. The SMILES string of the molecule is CCOCC1(CN2CC(C(=O)O)CC2=O)CCC1. The van der Waals surface area contributed by atoms with Gasteiger partial charge >= 0.3 is 5.97 Å². The van der Waals surface area contributed by atoms with Gasteiger partial charge in [0.25, 0.3) is 0 Å². The molecule has 0 aromatic rings. The van der Waals surface area contributed by atoms with Gasteiger partial charge in [-0.2, -0.15) is 0 Å². The molecule has 2 rings (SSSR count). The molecule has 1 unspecified atom stereocenters. The van der Waals surface area contributed by atoms with E-state index in [1.165, 1.54) is 6.42 Å². The van der Waals surface area contributed by atoms with Gasteiger partial charge < -0.3 is 14.7 Å². The highest BCUT2D eigenvalue weighted by molar-refractivity contribution is 5.86. The Hall–Kier alpha value is -1.10. The fourth-order valence-electron chi connectivity index (χ4n) is 2.84. The second-order valence-electron chi connectivity index (χ2n) is 5.50. The highest BCUT2D eigenvalue weighted by Crippen LogP contribution is 2.42. The molecule has 0 aromatic heterocycles. The lowest BCUT2D eigenvalue weighted by Crippen LogP contribution is -2.46. The van der Waals surface area contributed by atoms with Crippen LogP contribution in [-0.2, 0) is 14.3 Å². The molecule has 0 spiro atoms. The quantitative estimate of drug-likeness (QED) is 0.772. The van der Waals surface area contributed by atoms with Crippen molar-refractivity contribution in [1.29, 1.82) is 0 Å². The van der Waals surface area contributed by atoms with Gasteiger partial charge in [-0.25, -0.2) is 0 Å². The fourth-order valence-corrected chi connectivity index (χ4v) is 2.84. The topological polar surface area (TPSA) is 66.8 Å². The van der Waals surface area contributed by atoms with E-state index in [2.05, 4.69) is 0 Å². The summed E-state index contributed by atoms with van der Waals surface area (Å²) < 4.78 is 5.51. The van der Waals surface area contributed by atoms with Crippen LogP contribution in [-0.4, -0.2) is 48.2 Å². The van der Waals surface area contributed by atoms with Crippen LogP contribution < -0.4 is 0 Å². The van der Waals surface area contributed by atoms with E-state index in [1.807, 2.05) is 6.92 Å². The Morgan fingerprint density at radius 2 is 2.28 bits per heavy atom. The smallest absolute Gasteiger partial charge is 0.308 e. The minimum atomic E-state index is -0.863. The van der Waals surface area contributed by atoms with E-state index in [9.17, 15) is 9.59 Å². The van der Waals surface area contributed by atoms with Crippen molar-refractivity contribution in [3.05, 3.63) is 0 Å². The summed E-state index contributed by atoms with van der Waals surface area (Å²) in [6.45, 7) is 4.37. The minimum absolute atomic E-state index is 0.0230. The van der Waals surface area contributed by atoms with E-state index in [0.29, 0.717) is 26.3 Å². The molecule has 1 heterocycles. The molecule has 1 atom stereocenters. The first-order valence-corrected chi connectivity index (χ1v) is 6.65. The van der Waals surface area contributed by atoms with Crippen LogP contribution in [0.3, 0.4) is 0 Å². The number of nitrogens with zero attached hydrogens (tertiary/aromatic N) is 1. The first kappa shape index (κ1) is 13.3. The Morgan fingerprint density at radius 3 is 2.72 bits per heavy atom. The molecule has 1 saturated carbocycles. The van der Waals surface area contributed by atoms with Gasteiger partial charge in [0.15, 0.2) is 0 Å². The zero-order valence-electron chi connectivity index (χ0n) is 10.9. The van der Waals surface area contributed by atoms with E-state index < -0.39 is 11.9 Å². The van der Waals surface area contributed by atoms with Crippen LogP contribution >= 0.6 is 0 Å². The molecule has 102 valence electrons. The lowest BCUT2D eigenvalue weighted by molar-refractivity contribution is -0.141. The molecule has 1 aliphatic heterocycles. The highest BCUT2D eigenvalue weighted by atomic mass is 16.5. The standard InChI is InChI=1S/C13H21NO4/c1-2-18-9-13(4-3-5-13)8-14-7-10(12(16)17)6-11(14)15/h10H,2-9H2,1H3,(H,16,17). The van der Waals surface area contributed by atoms with Gasteiger partial charge in [0.05, 0.1) is 12.5 Å². The number of carbonyl (C=O) groups excluding carboxylic acids is 1. The van der Waals surface area contributed by atoms with Crippen LogP contribution in [0.1, 0.15) is 32.6 Å². The summed E-state index contributed by atoms with van der Waals surface area (Å²) >= 11 is 0. The van der Waals surface area contributed by atoms with Crippen LogP contribution in [0.15, 0.2) is 0 Å². The van der Waals surface area contributed by atoms with Crippen LogP contribution in [0.25, 0.3) is 0 Å². The average molecular weight is 255 g/mol. The van der Waals surface area contributed by atoms with Gasteiger partial charge in [-0.3, -0.25) is 9.59 Å². The molecule has 0 bridgehead atoms. The van der Waals surface area contributed by atoms with Gasteiger partial charge in [0.2, 0.25) is 5.91 Å². The molecular weight excluding hydrogens is 234 g/mol. The minimum Gasteiger partial charge on any atom is -0.481 e. The fraction of sp³-hybridized carbons (Fsp3) is 0.846. The zero-order valence-corrected chi connectivity index (χ0v) is 10.9. The van der Waals surface area contributed by atoms with Crippen molar-refractivity contribution in [3.8, 4) is 0 Å². The van der Waals surface area contributed by atoms with E-state index in [0.717, 1.165) is 12.8 Å². The third kappa shape index (κ3) is 2.66. The van der Waals surface area contributed by atoms with Crippen LogP contribution in [0, 0.1) is 11.3 Å². The Labute approximate surface area is 107 Å². The second kappa shape index (κ2) is 5.26. The summed E-state index contributed by atoms with van der Waals surface area (Å²) in [5, 5.41) is 8.96. The molecule has 18 heavy (non-hydrogen) atoms. The predicted octanol–water partition coefficient (Wildman–Crippen LogP) is 1.13. The lowest BCUT2D eigenvalue weighted by Gasteiger charge is -2.44. The molecule has 1 saturated heterocycles. The summed E-state index contributed by atoms with van der Waals surface area (Å²) in [6, 6.07) is 0. The van der Waals surface area contributed by atoms with Crippen molar-refractivity contribution in [2.75, 3.05) is 26.3 Å². The molecule has 5 nitrogen and oxygen atoms in total. The van der Waals surface area contributed by atoms with Crippen molar-refractivity contribution in [1.82, 2.24) is 4.90 Å². The van der Waals surface area contributed by atoms with E-state index >= 15 is 0 Å². The molecular formula is C13H21NO4. The number of rotatable bonds is 6. The Kier molecular flexibility index (Phi) is 3.90. The number of hydrogen-bond acceptors (Lipinski definition) is 3. The normalized spacial score (nSPS) is 26.2. The number of carboxylic acid groups (broad SMARTS) is 1. The summed E-state index contributed by atoms with van der Waals surface area (Å²) in [5.41, 5.74) is 0.0824. The summed E-state index contributed by atoms with van der Waals surface area (Å²) in [4.78, 5) is 24.4. The van der Waals surface area contributed by atoms with Gasteiger partial charge in [0, 0.05) is 31.5 Å². The highest BCUT2D eigenvalue weighted by Gasteiger charge is 2.43. The molecule has 1 N–H and O–H groups in total. The van der Waals surface area contributed by atoms with E-state index in [1.54, 1.807) is 4.90 Å². The Balaban J connectivity index is 1.92. The maximum Gasteiger partial charge on any atom is 0.308 e. The van der Waals surface area contributed by atoms with Gasteiger partial charge in [0.1, 0.15) is 0 Å². The number of hydrogen-bond donors (Lipinski definition) is 1. The Morgan fingerprint density at radius 1 is 1.56 bits per heavy atom. The van der Waals surface area contributed by atoms with E-state index in [4.69, 9.17) is 9.84 Å². The first-order valence-electron chi connectivity index (χ1n) is 6.65. The number of amides is 1. The Bertz CT molecular complexity index is 338. The predicted molar refractivity (Wildman–Crippen MR) is 65.1 cm³/mol. The zero-order chi connectivity index (χ0) is 13.2. The van der Waals surface area contributed by atoms with Crippen molar-refractivity contribution in [3.63, 3.8) is 0 Å². The average Bonchev–Trinajstić information content (AvgIpc) is 2.64. The van der Waals surface area contributed by atoms with Crippen LogP contribution in [0.2, 0.25) is 0 Å². The number of likely N-dealkylation sites (tertiary alicyclic amines) is 1. The first-order chi connectivity index (χ1) is 8.56. The summed E-state index contributed by atoms with van der Waals surface area (Å²) in [6.07, 6.45) is 3.49. The summed E-state index contributed by atoms with van der Waals surface area (Å²) in [5.74, 6) is -1.41. The number of carbonyl (C=O) groups is 2.